The number of nitrogens with one attached hydrogen (secondary N) is 1. The molecule has 1 rings (SSSR count). The van der Waals surface area contributed by atoms with Gasteiger partial charge < -0.3 is 15.8 Å². The molecule has 0 aliphatic carbocycles. The highest BCUT2D eigenvalue weighted by Gasteiger charge is 2.14. The second-order valence-electron chi connectivity index (χ2n) is 3.52. The number of aromatic nitrogens is 1. The van der Waals surface area contributed by atoms with E-state index in [4.69, 9.17) is 10.5 Å². The Kier molecular flexibility index (Phi) is 4.16. The summed E-state index contributed by atoms with van der Waals surface area (Å²) in [5.41, 5.74) is 5.59. The van der Waals surface area contributed by atoms with Crippen molar-refractivity contribution >= 4 is 21.5 Å². The molecule has 14 heavy (non-hydrogen) atoms. The largest absolute Gasteiger partial charge is 0.389 e. The average molecular weight is 215 g/mol. The molecule has 4 nitrogen and oxygen atoms in total. The number of hydrogen-bond donors (Lipinski definition) is 2. The number of nitrogens with zero attached hydrogens (tertiary/aromatic N) is 1. The minimum absolute atomic E-state index is 0.283. The van der Waals surface area contributed by atoms with Crippen molar-refractivity contribution < 1.29 is 4.74 Å². The minimum atomic E-state index is 0.283. The number of nitrogen functional groups attached to an aromatic ring is 1. The van der Waals surface area contributed by atoms with Gasteiger partial charge in [0.2, 0.25) is 0 Å². The molecule has 0 radical (unpaired) electrons. The molecule has 0 spiro atoms. The number of hydrogen-bond acceptors (Lipinski definition) is 5. The summed E-state index contributed by atoms with van der Waals surface area (Å²) in [6.45, 7) is 4.97. The fourth-order valence-electron chi connectivity index (χ4n) is 1.09. The van der Waals surface area contributed by atoms with Crippen LogP contribution < -0.4 is 11.1 Å². The number of methoxy groups -OCH3 is 1. The van der Waals surface area contributed by atoms with Crippen molar-refractivity contribution in [3.05, 3.63) is 6.20 Å². The van der Waals surface area contributed by atoms with Gasteiger partial charge >= 0.3 is 0 Å². The summed E-state index contributed by atoms with van der Waals surface area (Å²) in [5.74, 6) is 0.500. The van der Waals surface area contributed by atoms with Gasteiger partial charge in [0, 0.05) is 7.11 Å². The van der Waals surface area contributed by atoms with Gasteiger partial charge in [0.1, 0.15) is 5.00 Å². The standard InChI is InChI=1S/C9H17N3OS/c1-6(2)7(5-13-3)12-9-11-4-8(10)14-9/h4,6-7H,5,10H2,1-3H3,(H,11,12). The maximum atomic E-state index is 5.59. The monoisotopic (exact) mass is 215 g/mol. The van der Waals surface area contributed by atoms with Crippen molar-refractivity contribution in [1.82, 2.24) is 4.98 Å². The van der Waals surface area contributed by atoms with E-state index in [0.717, 1.165) is 10.1 Å². The molecule has 1 heterocycles. The lowest BCUT2D eigenvalue weighted by Gasteiger charge is -2.20. The van der Waals surface area contributed by atoms with Crippen LogP contribution in [0.3, 0.4) is 0 Å². The van der Waals surface area contributed by atoms with Crippen LogP contribution >= 0.6 is 11.3 Å². The van der Waals surface area contributed by atoms with E-state index in [0.29, 0.717) is 12.5 Å². The smallest absolute Gasteiger partial charge is 0.184 e. The quantitative estimate of drug-likeness (QED) is 0.786. The summed E-state index contributed by atoms with van der Waals surface area (Å²) in [6.07, 6.45) is 1.66. The molecule has 1 aromatic rings. The Morgan fingerprint density at radius 1 is 1.64 bits per heavy atom. The van der Waals surface area contributed by atoms with Crippen LogP contribution in [0.15, 0.2) is 6.20 Å². The Hall–Kier alpha value is -0.810. The Bertz CT molecular complexity index is 275. The topological polar surface area (TPSA) is 60.2 Å². The van der Waals surface area contributed by atoms with Crippen LogP contribution in [0.5, 0.6) is 0 Å². The fourth-order valence-corrected chi connectivity index (χ4v) is 1.74. The SMILES string of the molecule is COCC(Nc1ncc(N)s1)C(C)C. The van der Waals surface area contributed by atoms with E-state index < -0.39 is 0 Å². The first-order chi connectivity index (χ1) is 6.63. The Balaban J connectivity index is 2.55. The molecule has 0 saturated carbocycles. The third-order valence-electron chi connectivity index (χ3n) is 1.98. The summed E-state index contributed by atoms with van der Waals surface area (Å²) in [4.78, 5) is 4.15. The molecule has 5 heteroatoms. The molecule has 80 valence electrons. The van der Waals surface area contributed by atoms with E-state index in [-0.39, 0.29) is 6.04 Å². The lowest BCUT2D eigenvalue weighted by molar-refractivity contribution is 0.171. The molecule has 1 aromatic heterocycles. The van der Waals surface area contributed by atoms with Crippen LogP contribution in [0.4, 0.5) is 10.1 Å². The van der Waals surface area contributed by atoms with Gasteiger partial charge in [0.15, 0.2) is 5.13 Å². The fraction of sp³-hybridized carbons (Fsp3) is 0.667. The molecule has 3 N–H and O–H groups in total. The van der Waals surface area contributed by atoms with Crippen molar-refractivity contribution in [2.24, 2.45) is 5.92 Å². The van der Waals surface area contributed by atoms with Crippen molar-refractivity contribution in [3.63, 3.8) is 0 Å². The zero-order valence-corrected chi connectivity index (χ0v) is 9.60. The predicted molar refractivity (Wildman–Crippen MR) is 60.7 cm³/mol. The maximum Gasteiger partial charge on any atom is 0.184 e. The summed E-state index contributed by atoms with van der Waals surface area (Å²) >= 11 is 1.46. The van der Waals surface area contributed by atoms with Gasteiger partial charge in [-0.3, -0.25) is 0 Å². The molecular weight excluding hydrogens is 198 g/mol. The third-order valence-corrected chi connectivity index (χ3v) is 2.74. The van der Waals surface area contributed by atoms with Crippen molar-refractivity contribution in [2.45, 2.75) is 19.9 Å². The lowest BCUT2D eigenvalue weighted by atomic mass is 10.1. The van der Waals surface area contributed by atoms with E-state index in [1.54, 1.807) is 13.3 Å². The van der Waals surface area contributed by atoms with Crippen LogP contribution in [0.25, 0.3) is 0 Å². The van der Waals surface area contributed by atoms with Gasteiger partial charge in [-0.1, -0.05) is 25.2 Å². The zero-order valence-electron chi connectivity index (χ0n) is 8.78. The molecular formula is C9H17N3OS. The highest BCUT2D eigenvalue weighted by atomic mass is 32.1. The van der Waals surface area contributed by atoms with Gasteiger partial charge in [-0.05, 0) is 5.92 Å². The van der Waals surface area contributed by atoms with E-state index in [1.165, 1.54) is 11.3 Å². The highest BCUT2D eigenvalue weighted by Crippen LogP contribution is 2.21. The van der Waals surface area contributed by atoms with Gasteiger partial charge in [-0.2, -0.15) is 0 Å². The summed E-state index contributed by atoms with van der Waals surface area (Å²) in [6, 6.07) is 0.283. The van der Waals surface area contributed by atoms with Gasteiger partial charge in [-0.25, -0.2) is 4.98 Å². The van der Waals surface area contributed by atoms with E-state index >= 15 is 0 Å². The number of rotatable bonds is 5. The molecule has 0 bridgehead atoms. The third kappa shape index (κ3) is 3.16. The summed E-state index contributed by atoms with van der Waals surface area (Å²) < 4.78 is 5.13. The summed E-state index contributed by atoms with van der Waals surface area (Å²) in [7, 11) is 1.70. The normalized spacial score (nSPS) is 13.1. The van der Waals surface area contributed by atoms with E-state index in [9.17, 15) is 0 Å². The van der Waals surface area contributed by atoms with E-state index in [1.807, 2.05) is 0 Å². The average Bonchev–Trinajstić information content (AvgIpc) is 2.50. The molecule has 0 aromatic carbocycles. The number of anilines is 2. The molecule has 1 atom stereocenters. The molecule has 0 aliphatic rings. The van der Waals surface area contributed by atoms with Crippen molar-refractivity contribution in [2.75, 3.05) is 24.8 Å². The second-order valence-corrected chi connectivity index (χ2v) is 4.58. The highest BCUT2D eigenvalue weighted by molar-refractivity contribution is 7.19. The van der Waals surface area contributed by atoms with Gasteiger partial charge in [-0.15, -0.1) is 0 Å². The minimum Gasteiger partial charge on any atom is -0.389 e. The van der Waals surface area contributed by atoms with Crippen LogP contribution in [0.2, 0.25) is 0 Å². The van der Waals surface area contributed by atoms with Crippen LogP contribution in [-0.2, 0) is 4.74 Å². The first kappa shape index (κ1) is 11.3. The first-order valence-electron chi connectivity index (χ1n) is 4.60. The van der Waals surface area contributed by atoms with Crippen LogP contribution in [0, 0.1) is 5.92 Å². The Morgan fingerprint density at radius 2 is 2.36 bits per heavy atom. The van der Waals surface area contributed by atoms with Crippen molar-refractivity contribution in [1.29, 1.82) is 0 Å². The maximum absolute atomic E-state index is 5.59. The summed E-state index contributed by atoms with van der Waals surface area (Å²) in [5, 5.41) is 4.89. The molecule has 0 fully saturated rings. The Labute approximate surface area is 88.5 Å². The molecule has 0 aliphatic heterocycles. The van der Waals surface area contributed by atoms with Gasteiger partial charge in [0.05, 0.1) is 18.8 Å². The lowest BCUT2D eigenvalue weighted by Crippen LogP contribution is -2.30. The van der Waals surface area contributed by atoms with Gasteiger partial charge in [0.25, 0.3) is 0 Å². The zero-order chi connectivity index (χ0) is 10.6. The predicted octanol–water partition coefficient (Wildman–Crippen LogP) is 1.81. The molecule has 0 amide bonds. The molecule has 1 unspecified atom stereocenters. The second kappa shape index (κ2) is 5.17. The first-order valence-corrected chi connectivity index (χ1v) is 5.42. The van der Waals surface area contributed by atoms with Crippen LogP contribution in [0.1, 0.15) is 13.8 Å². The number of ether oxygens (including phenoxy) is 1. The molecule has 0 saturated heterocycles. The van der Waals surface area contributed by atoms with Crippen molar-refractivity contribution in [3.8, 4) is 0 Å². The van der Waals surface area contributed by atoms with Crippen LogP contribution in [-0.4, -0.2) is 24.7 Å². The number of thiazole rings is 1. The Morgan fingerprint density at radius 3 is 2.79 bits per heavy atom. The van der Waals surface area contributed by atoms with E-state index in [2.05, 4.69) is 24.1 Å². The number of nitrogens with two attached hydrogens (primary N) is 1.